The number of para-hydroxylation sites is 1. The Hall–Kier alpha value is -1.50. The summed E-state index contributed by atoms with van der Waals surface area (Å²) in [6.07, 6.45) is 0.445. The van der Waals surface area contributed by atoms with E-state index >= 15 is 0 Å². The van der Waals surface area contributed by atoms with Gasteiger partial charge in [0.25, 0.3) is 5.91 Å². The summed E-state index contributed by atoms with van der Waals surface area (Å²) in [5.41, 5.74) is 6.71. The largest absolute Gasteiger partial charge is 0.295 e. The third-order valence-electron chi connectivity index (χ3n) is 3.44. The summed E-state index contributed by atoms with van der Waals surface area (Å²) < 4.78 is 0. The van der Waals surface area contributed by atoms with Crippen molar-refractivity contribution in [1.82, 2.24) is 10.4 Å². The Morgan fingerprint density at radius 3 is 2.15 bits per heavy atom. The highest BCUT2D eigenvalue weighted by atomic mass is 35.5. The van der Waals surface area contributed by atoms with Crippen LogP contribution >= 0.6 is 57.7 Å². The standard InChI is InChI=1S/C17H11Cl4N3OS/c18-10-3-1-4-11(19)9(10)7-15-22-14(8-26-15)17(25)24-23-16-12(20)5-2-6-13(16)21/h1-6,8,23H,7H2,(H,24,25). The molecule has 0 radical (unpaired) electrons. The zero-order valence-corrected chi connectivity index (χ0v) is 16.9. The number of anilines is 1. The van der Waals surface area contributed by atoms with Crippen LogP contribution in [0.15, 0.2) is 41.8 Å². The zero-order valence-electron chi connectivity index (χ0n) is 13.0. The summed E-state index contributed by atoms with van der Waals surface area (Å²) in [5, 5.41) is 4.30. The number of aromatic nitrogens is 1. The molecule has 0 bridgehead atoms. The summed E-state index contributed by atoms with van der Waals surface area (Å²) in [7, 11) is 0. The van der Waals surface area contributed by atoms with Gasteiger partial charge in [-0.15, -0.1) is 11.3 Å². The van der Waals surface area contributed by atoms with Crippen molar-refractivity contribution in [2.24, 2.45) is 0 Å². The van der Waals surface area contributed by atoms with Crippen molar-refractivity contribution in [2.45, 2.75) is 6.42 Å². The first kappa shape index (κ1) is 19.3. The molecule has 3 rings (SSSR count). The Labute approximate surface area is 174 Å². The molecule has 0 aliphatic carbocycles. The van der Waals surface area contributed by atoms with E-state index in [4.69, 9.17) is 46.4 Å². The topological polar surface area (TPSA) is 54.0 Å². The first-order valence-corrected chi connectivity index (χ1v) is 9.72. The molecule has 1 aromatic heterocycles. The van der Waals surface area contributed by atoms with Gasteiger partial charge in [0.2, 0.25) is 0 Å². The van der Waals surface area contributed by atoms with Crippen LogP contribution in [0.1, 0.15) is 21.1 Å². The van der Waals surface area contributed by atoms with Crippen molar-refractivity contribution in [3.05, 3.63) is 78.1 Å². The molecule has 0 aliphatic rings. The predicted octanol–water partition coefficient (Wildman–Crippen LogP) is 6.10. The van der Waals surface area contributed by atoms with Gasteiger partial charge in [-0.25, -0.2) is 4.98 Å². The van der Waals surface area contributed by atoms with Gasteiger partial charge >= 0.3 is 0 Å². The molecule has 0 aliphatic heterocycles. The number of hydrazine groups is 1. The maximum Gasteiger partial charge on any atom is 0.289 e. The number of benzene rings is 2. The Morgan fingerprint density at radius 1 is 0.962 bits per heavy atom. The van der Waals surface area contributed by atoms with E-state index in [1.807, 2.05) is 0 Å². The minimum absolute atomic E-state index is 0.267. The molecule has 0 saturated carbocycles. The van der Waals surface area contributed by atoms with Gasteiger partial charge in [-0.2, -0.15) is 0 Å². The lowest BCUT2D eigenvalue weighted by Gasteiger charge is -2.10. The van der Waals surface area contributed by atoms with Gasteiger partial charge in [-0.05, 0) is 29.8 Å². The average Bonchev–Trinajstić information content (AvgIpc) is 3.06. The van der Waals surface area contributed by atoms with E-state index in [-0.39, 0.29) is 5.69 Å². The Balaban J connectivity index is 1.68. The molecule has 0 spiro atoms. The van der Waals surface area contributed by atoms with Crippen molar-refractivity contribution >= 4 is 69.3 Å². The van der Waals surface area contributed by atoms with Crippen LogP contribution in [0, 0.1) is 0 Å². The van der Waals surface area contributed by atoms with Gasteiger partial charge in [0.1, 0.15) is 5.69 Å². The fraction of sp³-hybridized carbons (Fsp3) is 0.0588. The number of nitrogens with one attached hydrogen (secondary N) is 2. The molecule has 0 unspecified atom stereocenters. The smallest absolute Gasteiger partial charge is 0.289 e. The van der Waals surface area contributed by atoms with E-state index in [0.29, 0.717) is 32.2 Å². The number of halogens is 4. The summed E-state index contributed by atoms with van der Waals surface area (Å²) in [6.45, 7) is 0. The Bertz CT molecular complexity index is 920. The van der Waals surface area contributed by atoms with E-state index in [1.165, 1.54) is 11.3 Å². The first-order valence-electron chi connectivity index (χ1n) is 7.33. The van der Waals surface area contributed by atoms with Crippen molar-refractivity contribution < 1.29 is 4.79 Å². The number of nitrogens with zero attached hydrogens (tertiary/aromatic N) is 1. The maximum absolute atomic E-state index is 12.3. The molecular formula is C17H11Cl4N3OS. The van der Waals surface area contributed by atoms with E-state index in [0.717, 1.165) is 10.6 Å². The summed E-state index contributed by atoms with van der Waals surface area (Å²) >= 11 is 25.8. The minimum atomic E-state index is -0.409. The monoisotopic (exact) mass is 445 g/mol. The van der Waals surface area contributed by atoms with Gasteiger partial charge < -0.3 is 0 Å². The minimum Gasteiger partial charge on any atom is -0.295 e. The molecular weight excluding hydrogens is 436 g/mol. The summed E-state index contributed by atoms with van der Waals surface area (Å²) in [5.74, 6) is -0.409. The number of amides is 1. The molecule has 2 aromatic carbocycles. The number of carbonyl (C=O) groups is 1. The quantitative estimate of drug-likeness (QED) is 0.465. The molecule has 26 heavy (non-hydrogen) atoms. The molecule has 0 saturated heterocycles. The first-order chi connectivity index (χ1) is 12.5. The van der Waals surface area contributed by atoms with E-state index in [2.05, 4.69) is 15.8 Å². The van der Waals surface area contributed by atoms with Crippen molar-refractivity contribution in [1.29, 1.82) is 0 Å². The van der Waals surface area contributed by atoms with Crippen LogP contribution < -0.4 is 10.9 Å². The maximum atomic E-state index is 12.3. The number of hydrogen-bond donors (Lipinski definition) is 2. The van der Waals surface area contributed by atoms with E-state index in [1.54, 1.807) is 41.8 Å². The van der Waals surface area contributed by atoms with Gasteiger partial charge in [0.05, 0.1) is 20.7 Å². The van der Waals surface area contributed by atoms with Crippen LogP contribution in [0.4, 0.5) is 5.69 Å². The second-order valence-corrected chi connectivity index (χ2v) is 7.75. The highest BCUT2D eigenvalue weighted by Crippen LogP contribution is 2.29. The van der Waals surface area contributed by atoms with Gasteiger partial charge in [-0.1, -0.05) is 58.5 Å². The van der Waals surface area contributed by atoms with Crippen LogP contribution in [-0.4, -0.2) is 10.9 Å². The lowest BCUT2D eigenvalue weighted by molar-refractivity contribution is 0.0958. The summed E-state index contributed by atoms with van der Waals surface area (Å²) in [4.78, 5) is 16.6. The zero-order chi connectivity index (χ0) is 18.7. The lowest BCUT2D eigenvalue weighted by Crippen LogP contribution is -2.29. The van der Waals surface area contributed by atoms with Crippen LogP contribution in [0.5, 0.6) is 0 Å². The molecule has 1 heterocycles. The van der Waals surface area contributed by atoms with Crippen LogP contribution in [0.25, 0.3) is 0 Å². The lowest BCUT2D eigenvalue weighted by atomic mass is 10.1. The molecule has 0 atom stereocenters. The van der Waals surface area contributed by atoms with Crippen molar-refractivity contribution in [3.8, 4) is 0 Å². The molecule has 0 fully saturated rings. The number of carbonyl (C=O) groups excluding carboxylic acids is 1. The molecule has 1 amide bonds. The van der Waals surface area contributed by atoms with Crippen molar-refractivity contribution in [3.63, 3.8) is 0 Å². The Morgan fingerprint density at radius 2 is 1.54 bits per heavy atom. The van der Waals surface area contributed by atoms with Crippen LogP contribution in [-0.2, 0) is 6.42 Å². The van der Waals surface area contributed by atoms with Crippen molar-refractivity contribution in [2.75, 3.05) is 5.43 Å². The van der Waals surface area contributed by atoms with Gasteiger partial charge in [-0.3, -0.25) is 15.6 Å². The number of thiazole rings is 1. The molecule has 9 heteroatoms. The highest BCUT2D eigenvalue weighted by Gasteiger charge is 2.14. The molecule has 134 valence electrons. The summed E-state index contributed by atoms with van der Waals surface area (Å²) in [6, 6.07) is 10.3. The second kappa shape index (κ2) is 8.46. The third kappa shape index (κ3) is 4.42. The second-order valence-electron chi connectivity index (χ2n) is 5.18. The molecule has 3 aromatic rings. The van der Waals surface area contributed by atoms with Gasteiger partial charge in [0.15, 0.2) is 0 Å². The van der Waals surface area contributed by atoms with E-state index < -0.39 is 5.91 Å². The van der Waals surface area contributed by atoms with Crippen LogP contribution in [0.3, 0.4) is 0 Å². The fourth-order valence-corrected chi connectivity index (χ4v) is 3.96. The number of hydrogen-bond acceptors (Lipinski definition) is 4. The normalized spacial score (nSPS) is 10.6. The SMILES string of the molecule is O=C(NNc1c(Cl)cccc1Cl)c1csc(Cc2c(Cl)cccc2Cl)n1. The predicted molar refractivity (Wildman–Crippen MR) is 109 cm³/mol. The highest BCUT2D eigenvalue weighted by molar-refractivity contribution is 7.09. The van der Waals surface area contributed by atoms with Gasteiger partial charge in [0, 0.05) is 21.8 Å². The molecule has 4 nitrogen and oxygen atoms in total. The molecule has 2 N–H and O–H groups in total. The van der Waals surface area contributed by atoms with Crippen LogP contribution in [0.2, 0.25) is 20.1 Å². The Kier molecular flexibility index (Phi) is 6.27. The average molecular weight is 447 g/mol. The third-order valence-corrected chi connectivity index (χ3v) is 5.62. The van der Waals surface area contributed by atoms with E-state index in [9.17, 15) is 4.79 Å². The fourth-order valence-electron chi connectivity index (χ4n) is 2.15. The number of rotatable bonds is 5.